The summed E-state index contributed by atoms with van der Waals surface area (Å²) >= 11 is 0. The smallest absolute Gasteiger partial charge is 0.265 e. The van der Waals surface area contributed by atoms with Crippen LogP contribution in [0.15, 0.2) is 17.0 Å². The fourth-order valence-electron chi connectivity index (χ4n) is 4.42. The zero-order valence-corrected chi connectivity index (χ0v) is 19.9. The van der Waals surface area contributed by atoms with E-state index in [0.29, 0.717) is 36.4 Å². The number of morpholine rings is 1. The Morgan fingerprint density at radius 2 is 1.88 bits per heavy atom. The number of aryl methyl sites for hydroxylation is 1. The van der Waals surface area contributed by atoms with Crippen LogP contribution in [0.2, 0.25) is 0 Å². The Hall–Kier alpha value is -2.21. The molecule has 182 valence electrons. The van der Waals surface area contributed by atoms with E-state index in [1.165, 1.54) is 10.4 Å². The van der Waals surface area contributed by atoms with Crippen molar-refractivity contribution < 1.29 is 27.5 Å². The molecule has 0 bridgehead atoms. The lowest BCUT2D eigenvalue weighted by molar-refractivity contribution is -0.126. The van der Waals surface area contributed by atoms with E-state index in [-0.39, 0.29) is 35.7 Å². The molecule has 2 N–H and O–H groups in total. The average Bonchev–Trinajstić information content (AvgIpc) is 2.80. The van der Waals surface area contributed by atoms with Crippen molar-refractivity contribution >= 4 is 27.5 Å². The van der Waals surface area contributed by atoms with Crippen molar-refractivity contribution in [3.05, 3.63) is 17.7 Å². The molecule has 0 spiro atoms. The molecule has 3 aliphatic heterocycles. The summed E-state index contributed by atoms with van der Waals surface area (Å²) in [5.41, 5.74) is 1.01. The summed E-state index contributed by atoms with van der Waals surface area (Å²) in [5.74, 6) is -0.114. The molecule has 2 fully saturated rings. The topological polar surface area (TPSA) is 117 Å². The first-order valence-electron chi connectivity index (χ1n) is 11.5. The summed E-state index contributed by atoms with van der Waals surface area (Å²) in [7, 11) is -3.75. The Balaban J connectivity index is 1.34. The number of anilines is 1. The molecular formula is C22H32N4O6S. The van der Waals surface area contributed by atoms with Crippen LogP contribution in [0.4, 0.5) is 5.69 Å². The van der Waals surface area contributed by atoms with Crippen LogP contribution >= 0.6 is 0 Å². The molecule has 0 aliphatic carbocycles. The first-order valence-corrected chi connectivity index (χ1v) is 12.9. The second-order valence-electron chi connectivity index (χ2n) is 8.79. The Morgan fingerprint density at radius 1 is 1.18 bits per heavy atom. The minimum atomic E-state index is -3.75. The van der Waals surface area contributed by atoms with Gasteiger partial charge < -0.3 is 20.1 Å². The normalized spacial score (nSPS) is 22.8. The Bertz CT molecular complexity index is 1000. The Morgan fingerprint density at radius 3 is 2.58 bits per heavy atom. The van der Waals surface area contributed by atoms with Crippen molar-refractivity contribution in [3.63, 3.8) is 0 Å². The molecule has 1 aromatic rings. The molecule has 0 saturated carbocycles. The van der Waals surface area contributed by atoms with Crippen LogP contribution in [0.5, 0.6) is 5.75 Å². The van der Waals surface area contributed by atoms with Gasteiger partial charge in [0.25, 0.3) is 5.91 Å². The number of hydrogen-bond donors (Lipinski definition) is 2. The Labute approximate surface area is 194 Å². The highest BCUT2D eigenvalue weighted by molar-refractivity contribution is 7.89. The third-order valence-corrected chi connectivity index (χ3v) is 8.52. The first-order chi connectivity index (χ1) is 15.8. The van der Waals surface area contributed by atoms with E-state index in [0.717, 1.165) is 32.8 Å². The van der Waals surface area contributed by atoms with Gasteiger partial charge in [0.05, 0.1) is 23.8 Å². The van der Waals surface area contributed by atoms with Gasteiger partial charge in [0.2, 0.25) is 15.9 Å². The van der Waals surface area contributed by atoms with Crippen LogP contribution in [0.25, 0.3) is 0 Å². The zero-order valence-electron chi connectivity index (χ0n) is 19.1. The number of fused-ring (bicyclic) bond motifs is 1. The molecule has 1 aromatic carbocycles. The van der Waals surface area contributed by atoms with Crippen LogP contribution < -0.4 is 15.4 Å². The molecule has 0 aromatic heterocycles. The fourth-order valence-corrected chi connectivity index (χ4v) is 6.12. The predicted molar refractivity (Wildman–Crippen MR) is 122 cm³/mol. The molecule has 2 amide bonds. The van der Waals surface area contributed by atoms with Crippen LogP contribution in [0, 0.1) is 12.8 Å². The van der Waals surface area contributed by atoms with Crippen molar-refractivity contribution in [1.82, 2.24) is 14.5 Å². The number of sulfonamides is 1. The maximum atomic E-state index is 13.3. The van der Waals surface area contributed by atoms with Gasteiger partial charge in [0, 0.05) is 51.3 Å². The average molecular weight is 481 g/mol. The van der Waals surface area contributed by atoms with Crippen molar-refractivity contribution in [2.75, 3.05) is 57.8 Å². The number of piperidine rings is 1. The van der Waals surface area contributed by atoms with Gasteiger partial charge in [-0.3, -0.25) is 14.5 Å². The van der Waals surface area contributed by atoms with E-state index in [1.54, 1.807) is 19.9 Å². The number of ether oxygens (including phenoxy) is 2. The number of carbonyl (C=O) groups is 2. The summed E-state index contributed by atoms with van der Waals surface area (Å²) in [6.07, 6.45) is 0.278. The fraction of sp³-hybridized carbons (Fsp3) is 0.636. The predicted octanol–water partition coefficient (Wildman–Crippen LogP) is 0.564. The monoisotopic (exact) mass is 480 g/mol. The molecule has 4 rings (SSSR count). The number of benzene rings is 1. The molecule has 11 heteroatoms. The van der Waals surface area contributed by atoms with Gasteiger partial charge in [0.15, 0.2) is 6.10 Å². The molecule has 0 unspecified atom stereocenters. The van der Waals surface area contributed by atoms with Gasteiger partial charge in [-0.05, 0) is 38.3 Å². The van der Waals surface area contributed by atoms with E-state index in [4.69, 9.17) is 9.47 Å². The third-order valence-electron chi connectivity index (χ3n) is 6.48. The molecule has 33 heavy (non-hydrogen) atoms. The van der Waals surface area contributed by atoms with Gasteiger partial charge in [-0.25, -0.2) is 8.42 Å². The van der Waals surface area contributed by atoms with E-state index < -0.39 is 16.1 Å². The van der Waals surface area contributed by atoms with Crippen LogP contribution in [0.1, 0.15) is 25.3 Å². The second-order valence-corrected chi connectivity index (χ2v) is 10.7. The quantitative estimate of drug-likeness (QED) is 0.611. The number of nitrogens with one attached hydrogen (secondary N) is 2. The van der Waals surface area contributed by atoms with E-state index in [2.05, 4.69) is 15.5 Å². The second kappa shape index (κ2) is 9.96. The Kier molecular flexibility index (Phi) is 7.22. The third kappa shape index (κ3) is 5.32. The molecule has 10 nitrogen and oxygen atoms in total. The zero-order chi connectivity index (χ0) is 23.6. The lowest BCUT2D eigenvalue weighted by Crippen LogP contribution is -2.45. The standard InChI is InChI=1S/C22H32N4O6S/c1-15-13-18-19(32-16(2)21(27)24-18)14-20(15)33(29,30)26-6-3-17(4-7-26)22(28)23-5-8-25-9-11-31-12-10-25/h13-14,16-17H,3-12H2,1-2H3,(H,23,28)(H,24,27)/t16-/m0/s1. The number of rotatable bonds is 6. The van der Waals surface area contributed by atoms with E-state index in [9.17, 15) is 18.0 Å². The minimum absolute atomic E-state index is 0.0107. The molecular weight excluding hydrogens is 448 g/mol. The maximum absolute atomic E-state index is 13.3. The van der Waals surface area contributed by atoms with E-state index >= 15 is 0 Å². The molecule has 1 atom stereocenters. The molecule has 2 saturated heterocycles. The van der Waals surface area contributed by atoms with Crippen molar-refractivity contribution in [2.45, 2.75) is 37.7 Å². The summed E-state index contributed by atoms with van der Waals surface area (Å²) < 4.78 is 39.0. The van der Waals surface area contributed by atoms with E-state index in [1.807, 2.05) is 0 Å². The minimum Gasteiger partial charge on any atom is -0.479 e. The lowest BCUT2D eigenvalue weighted by atomic mass is 9.97. The van der Waals surface area contributed by atoms with Crippen LogP contribution in [0.3, 0.4) is 0 Å². The number of amides is 2. The molecule has 0 radical (unpaired) electrons. The van der Waals surface area contributed by atoms with Crippen molar-refractivity contribution in [2.24, 2.45) is 5.92 Å². The highest BCUT2D eigenvalue weighted by atomic mass is 32.2. The van der Waals surface area contributed by atoms with Gasteiger partial charge in [0.1, 0.15) is 5.75 Å². The number of nitrogens with zero attached hydrogens (tertiary/aromatic N) is 2. The summed E-state index contributed by atoms with van der Waals surface area (Å²) in [6.45, 7) is 8.48. The number of hydrogen-bond acceptors (Lipinski definition) is 7. The highest BCUT2D eigenvalue weighted by Crippen LogP contribution is 2.36. The molecule has 3 heterocycles. The van der Waals surface area contributed by atoms with Gasteiger partial charge >= 0.3 is 0 Å². The van der Waals surface area contributed by atoms with Crippen LogP contribution in [-0.2, 0) is 24.3 Å². The summed E-state index contributed by atoms with van der Waals surface area (Å²) in [6, 6.07) is 3.11. The van der Waals surface area contributed by atoms with Crippen molar-refractivity contribution in [1.29, 1.82) is 0 Å². The summed E-state index contributed by atoms with van der Waals surface area (Å²) in [5, 5.41) is 5.73. The van der Waals surface area contributed by atoms with Crippen molar-refractivity contribution in [3.8, 4) is 5.75 Å². The SMILES string of the molecule is Cc1cc2c(cc1S(=O)(=O)N1CCC(C(=O)NCCN3CCOCC3)CC1)O[C@@H](C)C(=O)N2. The lowest BCUT2D eigenvalue weighted by Gasteiger charge is -2.32. The first kappa shape index (κ1) is 23.9. The maximum Gasteiger partial charge on any atom is 0.265 e. The largest absolute Gasteiger partial charge is 0.479 e. The van der Waals surface area contributed by atoms with Gasteiger partial charge in [-0.1, -0.05) is 0 Å². The van der Waals surface area contributed by atoms with Gasteiger partial charge in [-0.2, -0.15) is 4.31 Å². The summed E-state index contributed by atoms with van der Waals surface area (Å²) in [4.78, 5) is 26.8. The number of carbonyl (C=O) groups excluding carboxylic acids is 2. The highest BCUT2D eigenvalue weighted by Gasteiger charge is 2.34. The van der Waals surface area contributed by atoms with Gasteiger partial charge in [-0.15, -0.1) is 0 Å². The van der Waals surface area contributed by atoms with Crippen LogP contribution in [-0.4, -0.2) is 88.0 Å². The molecule has 3 aliphatic rings.